The lowest BCUT2D eigenvalue weighted by atomic mass is 10.0. The van der Waals surface area contributed by atoms with Crippen molar-refractivity contribution in [1.82, 2.24) is 5.43 Å². The van der Waals surface area contributed by atoms with Crippen molar-refractivity contribution in [3.8, 4) is 11.5 Å². The number of hydrogen-bond donors (Lipinski definition) is 1. The summed E-state index contributed by atoms with van der Waals surface area (Å²) in [5, 5.41) is 4.07. The standard InChI is InChI=1S/C29H27FN2O4S/c1-18-24(13-19-5-9-22(10-6-19)37(4)34)23-11-8-21(30)15-26(23)25(18)16-29(33)32-31-17-20-7-12-27(35-2)28(14-20)36-3/h5-15,17H,16H2,1-4H3,(H,32,33)/b24-13-,31-17-. The number of ether oxygens (including phenoxy) is 2. The number of rotatable bonds is 8. The summed E-state index contributed by atoms with van der Waals surface area (Å²) in [5.74, 6) is 0.461. The van der Waals surface area contributed by atoms with Crippen LogP contribution in [0.5, 0.6) is 11.5 Å². The van der Waals surface area contributed by atoms with Crippen LogP contribution in [0.4, 0.5) is 4.39 Å². The molecule has 1 aliphatic carbocycles. The zero-order chi connectivity index (χ0) is 26.5. The Bertz CT molecular complexity index is 1410. The van der Waals surface area contributed by atoms with Crippen LogP contribution in [-0.2, 0) is 16.0 Å². The van der Waals surface area contributed by atoms with Crippen molar-refractivity contribution in [2.45, 2.75) is 18.2 Å². The molecule has 1 amide bonds. The second-order valence-electron chi connectivity index (χ2n) is 8.46. The number of fused-ring (bicyclic) bond motifs is 1. The number of hydrogen-bond acceptors (Lipinski definition) is 5. The normalized spacial score (nSPS) is 14.7. The van der Waals surface area contributed by atoms with Gasteiger partial charge in [-0.1, -0.05) is 6.07 Å². The van der Waals surface area contributed by atoms with Crippen LogP contribution in [0.25, 0.3) is 17.2 Å². The summed E-state index contributed by atoms with van der Waals surface area (Å²) >= 11 is -1.06. The van der Waals surface area contributed by atoms with E-state index in [4.69, 9.17) is 9.47 Å². The summed E-state index contributed by atoms with van der Waals surface area (Å²) in [6, 6.07) is 17.3. The molecule has 1 unspecified atom stereocenters. The first-order chi connectivity index (χ1) is 17.8. The molecule has 0 fully saturated rings. The summed E-state index contributed by atoms with van der Waals surface area (Å²) < 4.78 is 36.4. The van der Waals surface area contributed by atoms with Crippen LogP contribution in [0.2, 0.25) is 0 Å². The van der Waals surface area contributed by atoms with E-state index in [0.29, 0.717) is 17.1 Å². The number of carbonyl (C=O) groups excluding carboxylic acids is 1. The molecular formula is C29H27FN2O4S. The van der Waals surface area contributed by atoms with Crippen molar-refractivity contribution < 1.29 is 23.2 Å². The molecule has 1 N–H and O–H groups in total. The van der Waals surface area contributed by atoms with Crippen molar-refractivity contribution in [3.05, 3.63) is 94.3 Å². The summed E-state index contributed by atoms with van der Waals surface area (Å²) in [7, 11) is 3.10. The first-order valence-electron chi connectivity index (χ1n) is 11.5. The van der Waals surface area contributed by atoms with Gasteiger partial charge in [-0.05, 0) is 118 Å². The molecule has 0 saturated heterocycles. The summed E-state index contributed by atoms with van der Waals surface area (Å²) in [6.07, 6.45) is 5.18. The van der Waals surface area contributed by atoms with Crippen LogP contribution in [0.15, 0.2) is 76.2 Å². The molecule has 0 spiro atoms. The van der Waals surface area contributed by atoms with Gasteiger partial charge in [-0.3, -0.25) is 4.79 Å². The van der Waals surface area contributed by atoms with Crippen molar-refractivity contribution in [1.29, 1.82) is 0 Å². The first-order valence-corrected chi connectivity index (χ1v) is 13.1. The molecule has 37 heavy (non-hydrogen) atoms. The summed E-state index contributed by atoms with van der Waals surface area (Å²) in [6.45, 7) is 1.93. The minimum atomic E-state index is -1.06. The molecule has 0 bridgehead atoms. The molecule has 3 aromatic carbocycles. The van der Waals surface area contributed by atoms with Gasteiger partial charge in [0.2, 0.25) is 5.91 Å². The highest BCUT2D eigenvalue weighted by atomic mass is 32.2. The molecule has 6 nitrogen and oxygen atoms in total. The molecule has 8 heteroatoms. The van der Waals surface area contributed by atoms with Crippen LogP contribution in [-0.4, -0.2) is 37.1 Å². The number of carbonyl (C=O) groups is 1. The fourth-order valence-electron chi connectivity index (χ4n) is 4.22. The molecule has 1 atom stereocenters. The fourth-order valence-corrected chi connectivity index (χ4v) is 4.74. The maximum atomic E-state index is 14.2. The van der Waals surface area contributed by atoms with E-state index in [1.54, 1.807) is 44.7 Å². The lowest BCUT2D eigenvalue weighted by Gasteiger charge is -2.07. The number of nitrogens with one attached hydrogen (secondary N) is 1. The van der Waals surface area contributed by atoms with Crippen LogP contribution in [0.3, 0.4) is 0 Å². The Morgan fingerprint density at radius 2 is 1.70 bits per heavy atom. The molecule has 1 aliphatic rings. The van der Waals surface area contributed by atoms with Crippen molar-refractivity contribution in [3.63, 3.8) is 0 Å². The van der Waals surface area contributed by atoms with E-state index in [9.17, 15) is 13.7 Å². The number of halogens is 1. The molecule has 0 heterocycles. The van der Waals surface area contributed by atoms with E-state index in [0.717, 1.165) is 38.3 Å². The largest absolute Gasteiger partial charge is 0.612 e. The molecule has 190 valence electrons. The predicted octanol–water partition coefficient (Wildman–Crippen LogP) is 5.45. The topological polar surface area (TPSA) is 83.0 Å². The maximum Gasteiger partial charge on any atom is 0.244 e. The molecular weight excluding hydrogens is 491 g/mol. The van der Waals surface area contributed by atoms with Gasteiger partial charge in [0, 0.05) is 0 Å². The number of nitrogens with zero attached hydrogens (tertiary/aromatic N) is 1. The highest BCUT2D eigenvalue weighted by Crippen LogP contribution is 2.43. The predicted molar refractivity (Wildman–Crippen MR) is 146 cm³/mol. The van der Waals surface area contributed by atoms with Gasteiger partial charge in [0.15, 0.2) is 16.4 Å². The van der Waals surface area contributed by atoms with Gasteiger partial charge >= 0.3 is 0 Å². The van der Waals surface area contributed by atoms with E-state index in [-0.39, 0.29) is 18.1 Å². The van der Waals surface area contributed by atoms with Gasteiger partial charge in [-0.25, -0.2) is 9.82 Å². The molecule has 4 rings (SSSR count). The number of benzene rings is 3. The lowest BCUT2D eigenvalue weighted by molar-refractivity contribution is -0.120. The number of allylic oxidation sites excluding steroid dienone is 2. The lowest BCUT2D eigenvalue weighted by Crippen LogP contribution is -2.17. The SMILES string of the molecule is COc1ccc(/C=N\NC(=O)CC2=C(C)/C(=C/c3ccc([S+](C)[O-])cc3)c3ccc(F)cc32)cc1OC. The third-order valence-corrected chi connectivity index (χ3v) is 7.06. The first kappa shape index (κ1) is 26.2. The second kappa shape index (κ2) is 11.5. The van der Waals surface area contributed by atoms with Gasteiger partial charge in [-0.2, -0.15) is 5.10 Å². The van der Waals surface area contributed by atoms with Gasteiger partial charge in [0.05, 0.1) is 26.9 Å². The van der Waals surface area contributed by atoms with Gasteiger partial charge in [-0.15, -0.1) is 0 Å². The van der Waals surface area contributed by atoms with Crippen LogP contribution >= 0.6 is 0 Å². The third-order valence-electron chi connectivity index (χ3n) is 6.12. The van der Waals surface area contributed by atoms with Crippen molar-refractivity contribution in [2.24, 2.45) is 5.10 Å². The Morgan fingerprint density at radius 3 is 2.38 bits per heavy atom. The Kier molecular flexibility index (Phi) is 8.11. The molecule has 3 aromatic rings. The molecule has 0 radical (unpaired) electrons. The van der Waals surface area contributed by atoms with E-state index < -0.39 is 11.2 Å². The maximum absolute atomic E-state index is 14.2. The number of hydrazone groups is 1. The third kappa shape index (κ3) is 5.93. The smallest absolute Gasteiger partial charge is 0.244 e. The van der Waals surface area contributed by atoms with Gasteiger partial charge in [0.1, 0.15) is 12.1 Å². The highest BCUT2D eigenvalue weighted by Gasteiger charge is 2.25. The van der Waals surface area contributed by atoms with Crippen LogP contribution < -0.4 is 14.9 Å². The van der Waals surface area contributed by atoms with Gasteiger partial charge in [0.25, 0.3) is 0 Å². The number of amides is 1. The van der Waals surface area contributed by atoms with Crippen molar-refractivity contribution >= 4 is 40.5 Å². The van der Waals surface area contributed by atoms with E-state index in [2.05, 4.69) is 10.5 Å². The Hall–Kier alpha value is -3.88. The van der Waals surface area contributed by atoms with E-state index in [1.165, 1.54) is 18.3 Å². The van der Waals surface area contributed by atoms with Crippen LogP contribution in [0, 0.1) is 5.82 Å². The summed E-state index contributed by atoms with van der Waals surface area (Å²) in [4.78, 5) is 13.5. The average Bonchev–Trinajstić information content (AvgIpc) is 3.13. The van der Waals surface area contributed by atoms with E-state index >= 15 is 0 Å². The van der Waals surface area contributed by atoms with E-state index in [1.807, 2.05) is 37.3 Å². The second-order valence-corrected chi connectivity index (χ2v) is 9.84. The zero-order valence-corrected chi connectivity index (χ0v) is 21.8. The molecule has 0 aliphatic heterocycles. The monoisotopic (exact) mass is 518 g/mol. The van der Waals surface area contributed by atoms with Crippen LogP contribution in [0.1, 0.15) is 35.6 Å². The minimum Gasteiger partial charge on any atom is -0.612 e. The molecule has 0 saturated carbocycles. The minimum absolute atomic E-state index is 0.0383. The average molecular weight is 519 g/mol. The fraction of sp³-hybridized carbons (Fsp3) is 0.172. The highest BCUT2D eigenvalue weighted by molar-refractivity contribution is 7.90. The van der Waals surface area contributed by atoms with Gasteiger partial charge < -0.3 is 14.0 Å². The Labute approximate surface area is 218 Å². The zero-order valence-electron chi connectivity index (χ0n) is 21.0. The Morgan fingerprint density at radius 1 is 1.00 bits per heavy atom. The van der Waals surface area contributed by atoms with Crippen molar-refractivity contribution in [2.75, 3.05) is 20.5 Å². The molecule has 0 aromatic heterocycles. The Balaban J connectivity index is 1.55. The quantitative estimate of drug-likeness (QED) is 0.244. The summed E-state index contributed by atoms with van der Waals surface area (Å²) in [5.41, 5.74) is 8.30. The number of methoxy groups -OCH3 is 2.